The molecule has 2 N–H and O–H groups in total. The fraction of sp³-hybridized carbons (Fsp3) is 0.222. The summed E-state index contributed by atoms with van der Waals surface area (Å²) in [7, 11) is 1.39. The molecule has 2 amide bonds. The van der Waals surface area contributed by atoms with E-state index in [2.05, 4.69) is 22.3 Å². The van der Waals surface area contributed by atoms with E-state index >= 15 is 0 Å². The van der Waals surface area contributed by atoms with Crippen molar-refractivity contribution in [3.63, 3.8) is 0 Å². The topological polar surface area (TPSA) is 70.6 Å². The lowest BCUT2D eigenvalue weighted by Gasteiger charge is -2.02. The number of nitrogens with one attached hydrogen (secondary N) is 2. The lowest BCUT2D eigenvalue weighted by Crippen LogP contribution is -2.37. The van der Waals surface area contributed by atoms with E-state index < -0.39 is 11.8 Å². The summed E-state index contributed by atoms with van der Waals surface area (Å²) in [4.78, 5) is 25.2. The zero-order chi connectivity index (χ0) is 11.0. The van der Waals surface area contributed by atoms with Crippen LogP contribution in [-0.4, -0.2) is 25.6 Å². The number of amides is 2. The molecule has 0 unspecified atom stereocenters. The zero-order valence-corrected chi connectivity index (χ0v) is 8.20. The van der Waals surface area contributed by atoms with Gasteiger partial charge in [-0.3, -0.25) is 14.6 Å². The Morgan fingerprint density at radius 2 is 2.00 bits per heavy atom. The van der Waals surface area contributed by atoms with Crippen LogP contribution in [0, 0.1) is 0 Å². The van der Waals surface area contributed by atoms with E-state index in [0.29, 0.717) is 5.70 Å². The fourth-order valence-electron chi connectivity index (χ4n) is 0.639. The van der Waals surface area contributed by atoms with Crippen LogP contribution in [0.15, 0.2) is 29.0 Å². The summed E-state index contributed by atoms with van der Waals surface area (Å²) in [6.07, 6.45) is 4.68. The normalized spacial score (nSPS) is 11.1. The number of nitrogens with zero attached hydrogens (tertiary/aromatic N) is 1. The average molecular weight is 195 g/mol. The molecule has 5 nitrogen and oxygen atoms in total. The molecule has 0 saturated heterocycles. The molecule has 0 bridgehead atoms. The molecule has 0 aromatic carbocycles. The van der Waals surface area contributed by atoms with Gasteiger partial charge in [-0.15, -0.1) is 0 Å². The molecule has 0 heterocycles. The van der Waals surface area contributed by atoms with Crippen molar-refractivity contribution in [2.75, 3.05) is 7.05 Å². The molecule has 0 aliphatic rings. The summed E-state index contributed by atoms with van der Waals surface area (Å²) >= 11 is 0. The van der Waals surface area contributed by atoms with Crippen molar-refractivity contribution in [2.45, 2.75) is 6.92 Å². The van der Waals surface area contributed by atoms with Gasteiger partial charge in [-0.1, -0.05) is 0 Å². The Morgan fingerprint density at radius 1 is 1.36 bits per heavy atom. The SMILES string of the molecule is C=N/C=C\C=C(/C)NC(=O)C(=O)NC. The van der Waals surface area contributed by atoms with Crippen LogP contribution >= 0.6 is 0 Å². The molecule has 0 aromatic heterocycles. The van der Waals surface area contributed by atoms with Gasteiger partial charge in [-0.2, -0.15) is 0 Å². The molecule has 5 heteroatoms. The average Bonchev–Trinajstić information content (AvgIpc) is 2.16. The van der Waals surface area contributed by atoms with Gasteiger partial charge in [0, 0.05) is 18.9 Å². The Hall–Kier alpha value is -1.91. The van der Waals surface area contributed by atoms with Crippen molar-refractivity contribution in [3.05, 3.63) is 24.0 Å². The molecular weight excluding hydrogens is 182 g/mol. The van der Waals surface area contributed by atoms with Crippen LogP contribution in [0.5, 0.6) is 0 Å². The van der Waals surface area contributed by atoms with Gasteiger partial charge in [0.2, 0.25) is 0 Å². The zero-order valence-electron chi connectivity index (χ0n) is 8.20. The third-order valence-electron chi connectivity index (χ3n) is 1.28. The highest BCUT2D eigenvalue weighted by atomic mass is 16.2. The molecule has 0 aliphatic heterocycles. The van der Waals surface area contributed by atoms with E-state index in [4.69, 9.17) is 0 Å². The highest BCUT2D eigenvalue weighted by Gasteiger charge is 2.09. The van der Waals surface area contributed by atoms with Gasteiger partial charge in [0.05, 0.1) is 0 Å². The molecule has 14 heavy (non-hydrogen) atoms. The monoisotopic (exact) mass is 195 g/mol. The summed E-state index contributed by atoms with van der Waals surface area (Å²) in [6.45, 7) is 4.90. The number of allylic oxidation sites excluding steroid dienone is 3. The van der Waals surface area contributed by atoms with Gasteiger partial charge < -0.3 is 10.6 Å². The third-order valence-corrected chi connectivity index (χ3v) is 1.28. The maximum Gasteiger partial charge on any atom is 0.313 e. The summed E-state index contributed by atoms with van der Waals surface area (Å²) in [5.74, 6) is -1.37. The van der Waals surface area contributed by atoms with E-state index in [0.717, 1.165) is 0 Å². The van der Waals surface area contributed by atoms with Gasteiger partial charge in [0.15, 0.2) is 0 Å². The maximum atomic E-state index is 11.0. The summed E-state index contributed by atoms with van der Waals surface area (Å²) in [6, 6.07) is 0. The largest absolute Gasteiger partial charge is 0.351 e. The number of likely N-dealkylation sites (N-methyl/N-ethyl adjacent to an activating group) is 1. The molecule has 0 rings (SSSR count). The quantitative estimate of drug-likeness (QED) is 0.377. The highest BCUT2D eigenvalue weighted by molar-refractivity contribution is 6.35. The van der Waals surface area contributed by atoms with Gasteiger partial charge in [-0.05, 0) is 25.8 Å². The predicted octanol–water partition coefficient (Wildman–Crippen LogP) is -0.0333. The molecule has 0 atom stereocenters. The van der Waals surface area contributed by atoms with Crippen molar-refractivity contribution >= 4 is 18.5 Å². The van der Waals surface area contributed by atoms with E-state index in [9.17, 15) is 9.59 Å². The van der Waals surface area contributed by atoms with Crippen LogP contribution in [0.3, 0.4) is 0 Å². The summed E-state index contributed by atoms with van der Waals surface area (Å²) < 4.78 is 0. The summed E-state index contributed by atoms with van der Waals surface area (Å²) in [5, 5.41) is 4.60. The lowest BCUT2D eigenvalue weighted by molar-refractivity contribution is -0.138. The van der Waals surface area contributed by atoms with E-state index in [1.165, 1.54) is 13.2 Å². The first kappa shape index (κ1) is 12.1. The molecule has 0 aromatic rings. The minimum absolute atomic E-state index is 0.554. The number of aliphatic imine (C=N–C) groups is 1. The first-order valence-corrected chi connectivity index (χ1v) is 3.94. The lowest BCUT2D eigenvalue weighted by atomic mass is 10.4. The molecule has 0 saturated carbocycles. The van der Waals surface area contributed by atoms with Gasteiger partial charge in [0.25, 0.3) is 0 Å². The molecule has 76 valence electrons. The first-order valence-electron chi connectivity index (χ1n) is 3.94. The Bertz CT molecular complexity index is 292. The number of carbonyl (C=O) groups is 2. The summed E-state index contributed by atoms with van der Waals surface area (Å²) in [5.41, 5.74) is 0.554. The number of carbonyl (C=O) groups excluding carboxylic acids is 2. The van der Waals surface area contributed by atoms with Gasteiger partial charge >= 0.3 is 11.8 Å². The van der Waals surface area contributed by atoms with E-state index in [-0.39, 0.29) is 0 Å². The standard InChI is InChI=1S/C9H13N3O2/c1-7(5-4-6-10-2)12-9(14)8(13)11-3/h4-6H,2H2,1,3H3,(H,11,13)(H,12,14)/b6-4-,7-5+. The second kappa shape index (κ2) is 6.59. The van der Waals surface area contributed by atoms with Crippen molar-refractivity contribution in [2.24, 2.45) is 4.99 Å². The first-order chi connectivity index (χ1) is 6.61. The van der Waals surface area contributed by atoms with Crippen LogP contribution in [0.4, 0.5) is 0 Å². The van der Waals surface area contributed by atoms with Crippen LogP contribution in [0.2, 0.25) is 0 Å². The molecule has 0 spiro atoms. The fourth-order valence-corrected chi connectivity index (χ4v) is 0.639. The van der Waals surface area contributed by atoms with Crippen LogP contribution in [0.25, 0.3) is 0 Å². The van der Waals surface area contributed by atoms with Crippen LogP contribution in [-0.2, 0) is 9.59 Å². The maximum absolute atomic E-state index is 11.0. The van der Waals surface area contributed by atoms with Crippen LogP contribution < -0.4 is 10.6 Å². The molecular formula is C9H13N3O2. The molecule has 0 fully saturated rings. The minimum Gasteiger partial charge on any atom is -0.351 e. The van der Waals surface area contributed by atoms with Crippen molar-refractivity contribution in [1.29, 1.82) is 0 Å². The van der Waals surface area contributed by atoms with Gasteiger partial charge in [-0.25, -0.2) is 0 Å². The van der Waals surface area contributed by atoms with Crippen molar-refractivity contribution in [3.8, 4) is 0 Å². The predicted molar refractivity (Wildman–Crippen MR) is 54.7 cm³/mol. The second-order valence-electron chi connectivity index (χ2n) is 2.41. The Balaban J connectivity index is 4.18. The van der Waals surface area contributed by atoms with Crippen molar-refractivity contribution < 1.29 is 9.59 Å². The molecule has 0 aliphatic carbocycles. The smallest absolute Gasteiger partial charge is 0.313 e. The number of hydrogen-bond acceptors (Lipinski definition) is 3. The third kappa shape index (κ3) is 4.87. The van der Waals surface area contributed by atoms with Crippen molar-refractivity contribution in [1.82, 2.24) is 10.6 Å². The minimum atomic E-state index is -0.693. The Labute approximate surface area is 82.6 Å². The molecule has 0 radical (unpaired) electrons. The number of rotatable bonds is 3. The Kier molecular flexibility index (Phi) is 5.69. The van der Waals surface area contributed by atoms with E-state index in [1.54, 1.807) is 19.1 Å². The van der Waals surface area contributed by atoms with Crippen LogP contribution in [0.1, 0.15) is 6.92 Å². The Morgan fingerprint density at radius 3 is 2.50 bits per heavy atom. The number of hydrogen-bond donors (Lipinski definition) is 2. The second-order valence-corrected chi connectivity index (χ2v) is 2.41. The van der Waals surface area contributed by atoms with Gasteiger partial charge in [0.1, 0.15) is 0 Å². The highest BCUT2D eigenvalue weighted by Crippen LogP contribution is 1.87. The van der Waals surface area contributed by atoms with E-state index in [1.807, 2.05) is 0 Å².